The highest BCUT2D eigenvalue weighted by Crippen LogP contribution is 2.37. The van der Waals surface area contributed by atoms with E-state index in [0.717, 1.165) is 60.1 Å². The van der Waals surface area contributed by atoms with Crippen LogP contribution in [0.5, 0.6) is 11.5 Å². The number of H-pyrrole nitrogens is 1. The largest absolute Gasteiger partial charge is 0.493 e. The highest BCUT2D eigenvalue weighted by molar-refractivity contribution is 5.94. The Morgan fingerprint density at radius 1 is 1.08 bits per heavy atom. The Hall–Kier alpha value is -3.85. The molecular formula is C29H35N5O4. The van der Waals surface area contributed by atoms with Gasteiger partial charge >= 0.3 is 11.8 Å². The Morgan fingerprint density at radius 2 is 1.82 bits per heavy atom. The standard InChI is InChI=1S/C29H35N5O4/c1-6-21-22-15-19(7-9-23(22)31-26(21)18-8-10-24(36-4)25(16-18)37-5)28-32-33-29(38-28)27(35)30-20-11-13-34(14-12-20)17(2)3/h7-10,15-17,20,31H,6,11-14H2,1-5H3,(H,30,35). The Bertz CT molecular complexity index is 1430. The molecular weight excluding hydrogens is 482 g/mol. The van der Waals surface area contributed by atoms with Crippen LogP contribution >= 0.6 is 0 Å². The van der Waals surface area contributed by atoms with Crippen LogP contribution < -0.4 is 14.8 Å². The number of aromatic amines is 1. The second kappa shape index (κ2) is 10.9. The third kappa shape index (κ3) is 4.98. The summed E-state index contributed by atoms with van der Waals surface area (Å²) >= 11 is 0. The molecule has 9 nitrogen and oxygen atoms in total. The van der Waals surface area contributed by atoms with Gasteiger partial charge in [-0.05, 0) is 75.1 Å². The first-order chi connectivity index (χ1) is 18.4. The molecule has 0 radical (unpaired) electrons. The van der Waals surface area contributed by atoms with E-state index in [9.17, 15) is 4.79 Å². The lowest BCUT2D eigenvalue weighted by atomic mass is 10.0. The number of hydrogen-bond donors (Lipinski definition) is 2. The van der Waals surface area contributed by atoms with Crippen LogP contribution in [0.2, 0.25) is 0 Å². The van der Waals surface area contributed by atoms with Crippen LogP contribution in [0.3, 0.4) is 0 Å². The molecule has 38 heavy (non-hydrogen) atoms. The molecule has 0 aliphatic carbocycles. The Balaban J connectivity index is 1.37. The Kier molecular flexibility index (Phi) is 7.37. The number of aromatic nitrogens is 3. The first-order valence-electron chi connectivity index (χ1n) is 13.2. The molecule has 1 aliphatic heterocycles. The number of hydrogen-bond acceptors (Lipinski definition) is 7. The van der Waals surface area contributed by atoms with Crippen LogP contribution in [-0.2, 0) is 6.42 Å². The maximum Gasteiger partial charge on any atom is 0.309 e. The van der Waals surface area contributed by atoms with Gasteiger partial charge in [-0.1, -0.05) is 6.92 Å². The van der Waals surface area contributed by atoms with Crippen LogP contribution in [-0.4, -0.2) is 65.4 Å². The molecule has 0 bridgehead atoms. The number of fused-ring (bicyclic) bond motifs is 1. The van der Waals surface area contributed by atoms with E-state index in [0.29, 0.717) is 23.4 Å². The van der Waals surface area contributed by atoms with Crippen molar-refractivity contribution in [3.05, 3.63) is 47.9 Å². The Morgan fingerprint density at radius 3 is 2.50 bits per heavy atom. The van der Waals surface area contributed by atoms with Crippen LogP contribution in [0.1, 0.15) is 49.9 Å². The summed E-state index contributed by atoms with van der Waals surface area (Å²) in [6, 6.07) is 12.5. The topological polar surface area (TPSA) is 106 Å². The number of nitrogens with zero attached hydrogens (tertiary/aromatic N) is 3. The molecule has 2 aromatic carbocycles. The van der Waals surface area contributed by atoms with E-state index in [-0.39, 0.29) is 17.8 Å². The van der Waals surface area contributed by atoms with Crippen LogP contribution in [0.15, 0.2) is 40.8 Å². The van der Waals surface area contributed by atoms with E-state index in [2.05, 4.69) is 46.2 Å². The van der Waals surface area contributed by atoms with E-state index < -0.39 is 0 Å². The highest BCUT2D eigenvalue weighted by atomic mass is 16.5. The molecule has 1 saturated heterocycles. The second-order valence-electron chi connectivity index (χ2n) is 9.95. The number of rotatable bonds is 8. The number of piperidine rings is 1. The van der Waals surface area contributed by atoms with Crippen molar-refractivity contribution in [3.63, 3.8) is 0 Å². The van der Waals surface area contributed by atoms with Gasteiger partial charge in [0.15, 0.2) is 11.5 Å². The van der Waals surface area contributed by atoms with Crippen molar-refractivity contribution in [2.24, 2.45) is 0 Å². The fraction of sp³-hybridized carbons (Fsp3) is 0.414. The molecule has 5 rings (SSSR count). The van der Waals surface area contributed by atoms with Crippen LogP contribution in [0, 0.1) is 0 Å². The number of amides is 1. The first kappa shape index (κ1) is 25.8. The summed E-state index contributed by atoms with van der Waals surface area (Å²) in [5.41, 5.74) is 4.96. The molecule has 9 heteroatoms. The maximum absolute atomic E-state index is 12.8. The van der Waals surface area contributed by atoms with Crippen molar-refractivity contribution in [1.82, 2.24) is 25.4 Å². The summed E-state index contributed by atoms with van der Waals surface area (Å²) in [4.78, 5) is 18.8. The van der Waals surface area contributed by atoms with E-state index in [1.807, 2.05) is 36.4 Å². The predicted molar refractivity (Wildman–Crippen MR) is 147 cm³/mol. The molecule has 2 aromatic heterocycles. The average molecular weight is 518 g/mol. The van der Waals surface area contributed by atoms with Gasteiger partial charge in [-0.25, -0.2) is 0 Å². The van der Waals surface area contributed by atoms with Crippen molar-refractivity contribution in [2.75, 3.05) is 27.3 Å². The molecule has 3 heterocycles. The lowest BCUT2D eigenvalue weighted by Gasteiger charge is -2.34. The number of carbonyl (C=O) groups excluding carboxylic acids is 1. The molecule has 0 saturated carbocycles. The minimum atomic E-state index is -0.320. The average Bonchev–Trinajstić information content (AvgIpc) is 3.58. The molecule has 0 unspecified atom stereocenters. The number of ether oxygens (including phenoxy) is 2. The van der Waals surface area contributed by atoms with Crippen LogP contribution in [0.25, 0.3) is 33.6 Å². The minimum absolute atomic E-state index is 0.0119. The Labute approximate surface area is 222 Å². The number of aryl methyl sites for hydroxylation is 1. The quantitative estimate of drug-likeness (QED) is 0.336. The van der Waals surface area contributed by atoms with Gasteiger partial charge in [-0.2, -0.15) is 0 Å². The van der Waals surface area contributed by atoms with Crippen molar-refractivity contribution in [1.29, 1.82) is 0 Å². The summed E-state index contributed by atoms with van der Waals surface area (Å²) in [7, 11) is 3.26. The van der Waals surface area contributed by atoms with E-state index in [1.54, 1.807) is 14.2 Å². The van der Waals surface area contributed by atoms with Gasteiger partial charge < -0.3 is 29.1 Å². The lowest BCUT2D eigenvalue weighted by Crippen LogP contribution is -2.46. The van der Waals surface area contributed by atoms with E-state index in [1.165, 1.54) is 5.56 Å². The lowest BCUT2D eigenvalue weighted by molar-refractivity contribution is 0.0867. The van der Waals surface area contributed by atoms with E-state index in [4.69, 9.17) is 13.9 Å². The van der Waals surface area contributed by atoms with Gasteiger partial charge in [0.2, 0.25) is 5.89 Å². The number of methoxy groups -OCH3 is 2. The molecule has 2 N–H and O–H groups in total. The molecule has 0 atom stereocenters. The number of likely N-dealkylation sites (tertiary alicyclic amines) is 1. The van der Waals surface area contributed by atoms with Gasteiger partial charge in [0.1, 0.15) is 0 Å². The fourth-order valence-corrected chi connectivity index (χ4v) is 5.23. The summed E-state index contributed by atoms with van der Waals surface area (Å²) in [6.07, 6.45) is 2.65. The highest BCUT2D eigenvalue weighted by Gasteiger charge is 2.25. The fourth-order valence-electron chi connectivity index (χ4n) is 5.23. The normalized spacial score (nSPS) is 14.8. The van der Waals surface area contributed by atoms with Gasteiger partial charge in [-0.15, -0.1) is 10.2 Å². The summed E-state index contributed by atoms with van der Waals surface area (Å²) < 4.78 is 16.7. The van der Waals surface area contributed by atoms with Gasteiger partial charge in [0.05, 0.1) is 14.2 Å². The zero-order chi connectivity index (χ0) is 26.8. The van der Waals surface area contributed by atoms with Gasteiger partial charge in [0, 0.05) is 52.9 Å². The van der Waals surface area contributed by atoms with Crippen molar-refractivity contribution >= 4 is 16.8 Å². The SMILES string of the molecule is CCc1c(-c2ccc(OC)c(OC)c2)[nH]c2ccc(-c3nnc(C(=O)NC4CCN(C(C)C)CC4)o3)cc12. The second-order valence-corrected chi connectivity index (χ2v) is 9.95. The molecule has 1 aliphatic rings. The monoisotopic (exact) mass is 517 g/mol. The molecule has 4 aromatic rings. The summed E-state index contributed by atoms with van der Waals surface area (Å²) in [5.74, 6) is 1.35. The summed E-state index contributed by atoms with van der Waals surface area (Å²) in [6.45, 7) is 8.47. The molecule has 0 spiro atoms. The number of nitrogens with one attached hydrogen (secondary N) is 2. The first-order valence-corrected chi connectivity index (χ1v) is 13.2. The van der Waals surface area contributed by atoms with E-state index >= 15 is 0 Å². The van der Waals surface area contributed by atoms with Crippen LogP contribution in [0.4, 0.5) is 0 Å². The number of carbonyl (C=O) groups is 1. The van der Waals surface area contributed by atoms with Crippen molar-refractivity contribution in [2.45, 2.75) is 52.1 Å². The van der Waals surface area contributed by atoms with Gasteiger partial charge in [0.25, 0.3) is 0 Å². The molecule has 200 valence electrons. The van der Waals surface area contributed by atoms with Gasteiger partial charge in [-0.3, -0.25) is 4.79 Å². The predicted octanol–water partition coefficient (Wildman–Crippen LogP) is 5.07. The minimum Gasteiger partial charge on any atom is -0.493 e. The van der Waals surface area contributed by atoms with Crippen molar-refractivity contribution in [3.8, 4) is 34.2 Å². The zero-order valence-electron chi connectivity index (χ0n) is 22.6. The maximum atomic E-state index is 12.8. The molecule has 1 fully saturated rings. The summed E-state index contributed by atoms with van der Waals surface area (Å²) in [5, 5.41) is 12.3. The number of benzene rings is 2. The smallest absolute Gasteiger partial charge is 0.309 e. The molecule has 1 amide bonds. The van der Waals surface area contributed by atoms with Crippen molar-refractivity contribution < 1.29 is 18.7 Å². The zero-order valence-corrected chi connectivity index (χ0v) is 22.6. The third-order valence-corrected chi connectivity index (χ3v) is 7.39. The third-order valence-electron chi connectivity index (χ3n) is 7.39.